The lowest BCUT2D eigenvalue weighted by Gasteiger charge is -2.37. The van der Waals surface area contributed by atoms with Gasteiger partial charge in [-0.2, -0.15) is 5.10 Å². The van der Waals surface area contributed by atoms with E-state index in [4.69, 9.17) is 19.0 Å². The molecule has 2 aliphatic heterocycles. The molecular weight excluding hydrogens is 382 g/mol. The molecule has 0 bridgehead atoms. The minimum atomic E-state index is -0.510. The number of hydrogen-bond acceptors (Lipinski definition) is 5. The lowest BCUT2D eigenvalue weighted by molar-refractivity contribution is -0.181. The van der Waals surface area contributed by atoms with Gasteiger partial charge in [0.15, 0.2) is 11.5 Å². The van der Waals surface area contributed by atoms with Gasteiger partial charge in [-0.15, -0.1) is 0 Å². The summed E-state index contributed by atoms with van der Waals surface area (Å²) in [5, 5.41) is 4.73. The molecule has 0 unspecified atom stereocenters. The van der Waals surface area contributed by atoms with E-state index >= 15 is 0 Å². The van der Waals surface area contributed by atoms with Crippen molar-refractivity contribution in [2.45, 2.75) is 32.5 Å². The van der Waals surface area contributed by atoms with Gasteiger partial charge in [0.25, 0.3) is 5.91 Å². The monoisotopic (exact) mass is 407 g/mol. The van der Waals surface area contributed by atoms with Crippen LogP contribution in [-0.2, 0) is 9.47 Å². The smallest absolute Gasteiger partial charge is 0.272 e. The largest absolute Gasteiger partial charge is 0.463 e. The molecule has 2 saturated heterocycles. The summed E-state index contributed by atoms with van der Waals surface area (Å²) in [6, 6.07) is 11.6. The number of piperidine rings is 1. The first kappa shape index (κ1) is 19.1. The Bertz CT molecular complexity index is 1050. The van der Waals surface area contributed by atoms with Gasteiger partial charge in [0.2, 0.25) is 0 Å². The summed E-state index contributed by atoms with van der Waals surface area (Å²) in [5.41, 5.74) is 4.28. The Morgan fingerprint density at radius 3 is 2.50 bits per heavy atom. The first-order chi connectivity index (χ1) is 14.5. The molecule has 0 saturated carbocycles. The van der Waals surface area contributed by atoms with Crippen LogP contribution in [-0.4, -0.2) is 52.7 Å². The van der Waals surface area contributed by atoms with Gasteiger partial charge in [-0.1, -0.05) is 17.7 Å². The van der Waals surface area contributed by atoms with Crippen molar-refractivity contribution in [3.8, 4) is 17.1 Å². The van der Waals surface area contributed by atoms with Gasteiger partial charge in [-0.05, 0) is 37.6 Å². The molecular formula is C23H25N3O4. The van der Waals surface area contributed by atoms with Crippen molar-refractivity contribution in [1.82, 2.24) is 14.7 Å². The van der Waals surface area contributed by atoms with E-state index in [-0.39, 0.29) is 5.91 Å². The summed E-state index contributed by atoms with van der Waals surface area (Å²) in [7, 11) is 0. The molecule has 0 radical (unpaired) electrons. The van der Waals surface area contributed by atoms with E-state index in [0.29, 0.717) is 56.3 Å². The number of hydrogen-bond donors (Lipinski definition) is 0. The summed E-state index contributed by atoms with van der Waals surface area (Å²) >= 11 is 0. The summed E-state index contributed by atoms with van der Waals surface area (Å²) in [6.45, 7) is 6.51. The Balaban J connectivity index is 1.49. The molecule has 30 heavy (non-hydrogen) atoms. The molecule has 0 aliphatic carbocycles. The summed E-state index contributed by atoms with van der Waals surface area (Å²) < 4.78 is 18.9. The molecule has 1 spiro atoms. The van der Waals surface area contributed by atoms with Crippen LogP contribution in [0.5, 0.6) is 0 Å². The standard InChI is InChI=1S/C23H25N3O4/c1-16-5-6-19(17(2)14-16)26-20(15-18(24-26)21-4-3-11-28-21)22(27)25-9-7-23(8-10-25)29-12-13-30-23/h3-6,11,14-15H,7-10,12-13H2,1-2H3. The number of carbonyl (C=O) groups is 1. The highest BCUT2D eigenvalue weighted by Gasteiger charge is 2.41. The normalized spacial score (nSPS) is 18.3. The third kappa shape index (κ3) is 3.34. The minimum Gasteiger partial charge on any atom is -0.463 e. The van der Waals surface area contributed by atoms with E-state index < -0.39 is 5.79 Å². The third-order valence-electron chi connectivity index (χ3n) is 5.91. The van der Waals surface area contributed by atoms with E-state index in [1.165, 1.54) is 5.56 Å². The van der Waals surface area contributed by atoms with Crippen molar-refractivity contribution in [3.63, 3.8) is 0 Å². The van der Waals surface area contributed by atoms with Gasteiger partial charge in [-0.3, -0.25) is 4.79 Å². The van der Waals surface area contributed by atoms with Crippen molar-refractivity contribution < 1.29 is 18.7 Å². The average molecular weight is 407 g/mol. The van der Waals surface area contributed by atoms with Gasteiger partial charge < -0.3 is 18.8 Å². The second-order valence-corrected chi connectivity index (χ2v) is 7.99. The van der Waals surface area contributed by atoms with Gasteiger partial charge in [0, 0.05) is 32.0 Å². The van der Waals surface area contributed by atoms with E-state index in [0.717, 1.165) is 11.3 Å². The van der Waals surface area contributed by atoms with Crippen LogP contribution in [0.4, 0.5) is 0 Å². The zero-order chi connectivity index (χ0) is 20.7. The highest BCUT2D eigenvalue weighted by Crippen LogP contribution is 2.32. The van der Waals surface area contributed by atoms with Crippen LogP contribution < -0.4 is 0 Å². The highest BCUT2D eigenvalue weighted by molar-refractivity contribution is 5.94. The Labute approximate surface area is 175 Å². The SMILES string of the molecule is Cc1ccc(-n2nc(-c3ccco3)cc2C(=O)N2CCC3(CC2)OCCO3)c(C)c1. The highest BCUT2D eigenvalue weighted by atomic mass is 16.7. The van der Waals surface area contributed by atoms with Crippen molar-refractivity contribution in [2.24, 2.45) is 0 Å². The maximum absolute atomic E-state index is 13.5. The average Bonchev–Trinajstić information content (AvgIpc) is 3.49. The van der Waals surface area contributed by atoms with E-state index in [9.17, 15) is 4.79 Å². The molecule has 7 heteroatoms. The molecule has 156 valence electrons. The number of benzene rings is 1. The second kappa shape index (κ2) is 7.41. The van der Waals surface area contributed by atoms with Crippen LogP contribution in [0.1, 0.15) is 34.5 Å². The predicted octanol–water partition coefficient (Wildman–Crippen LogP) is 3.73. The van der Waals surface area contributed by atoms with E-state index in [2.05, 4.69) is 13.0 Å². The Kier molecular flexibility index (Phi) is 4.72. The number of nitrogens with zero attached hydrogens (tertiary/aromatic N) is 3. The first-order valence-electron chi connectivity index (χ1n) is 10.3. The summed E-state index contributed by atoms with van der Waals surface area (Å²) in [5.74, 6) is 0.0789. The van der Waals surface area contributed by atoms with Gasteiger partial charge in [0.05, 0.1) is 25.2 Å². The third-order valence-corrected chi connectivity index (χ3v) is 5.91. The van der Waals surface area contributed by atoms with Gasteiger partial charge >= 0.3 is 0 Å². The molecule has 3 aromatic rings. The summed E-state index contributed by atoms with van der Waals surface area (Å²) in [4.78, 5) is 15.4. The molecule has 2 aliphatic rings. The van der Waals surface area contributed by atoms with Crippen molar-refractivity contribution >= 4 is 5.91 Å². The molecule has 1 amide bonds. The van der Waals surface area contributed by atoms with Crippen molar-refractivity contribution in [2.75, 3.05) is 26.3 Å². The Hall–Kier alpha value is -2.90. The van der Waals surface area contributed by atoms with Crippen LogP contribution in [0.15, 0.2) is 47.1 Å². The molecule has 2 aromatic heterocycles. The first-order valence-corrected chi connectivity index (χ1v) is 10.3. The summed E-state index contributed by atoms with van der Waals surface area (Å²) in [6.07, 6.45) is 2.97. The number of amides is 1. The quantitative estimate of drug-likeness (QED) is 0.662. The fourth-order valence-electron chi connectivity index (χ4n) is 4.30. The lowest BCUT2D eigenvalue weighted by Crippen LogP contribution is -2.47. The number of furan rings is 1. The molecule has 2 fully saturated rings. The topological polar surface area (TPSA) is 69.7 Å². The van der Waals surface area contributed by atoms with Crippen LogP contribution in [0, 0.1) is 13.8 Å². The fourth-order valence-corrected chi connectivity index (χ4v) is 4.30. The van der Waals surface area contributed by atoms with Crippen LogP contribution in [0.25, 0.3) is 17.1 Å². The van der Waals surface area contributed by atoms with Gasteiger partial charge in [0.1, 0.15) is 11.4 Å². The lowest BCUT2D eigenvalue weighted by atomic mass is 10.0. The van der Waals surface area contributed by atoms with Crippen LogP contribution >= 0.6 is 0 Å². The number of ether oxygens (including phenoxy) is 2. The molecule has 5 rings (SSSR count). The van der Waals surface area contributed by atoms with Crippen molar-refractivity contribution in [3.05, 3.63) is 59.5 Å². The van der Waals surface area contributed by atoms with E-state index in [1.54, 1.807) is 10.9 Å². The number of carbonyl (C=O) groups excluding carboxylic acids is 1. The Morgan fingerprint density at radius 1 is 1.07 bits per heavy atom. The second-order valence-electron chi connectivity index (χ2n) is 7.99. The Morgan fingerprint density at radius 2 is 1.83 bits per heavy atom. The number of likely N-dealkylation sites (tertiary alicyclic amines) is 1. The maximum Gasteiger partial charge on any atom is 0.272 e. The molecule has 0 N–H and O–H groups in total. The fraction of sp³-hybridized carbons (Fsp3) is 0.391. The van der Waals surface area contributed by atoms with Crippen molar-refractivity contribution in [1.29, 1.82) is 0 Å². The zero-order valence-electron chi connectivity index (χ0n) is 17.3. The molecule has 1 aromatic carbocycles. The molecule has 7 nitrogen and oxygen atoms in total. The minimum absolute atomic E-state index is 0.0480. The van der Waals surface area contributed by atoms with Crippen LogP contribution in [0.3, 0.4) is 0 Å². The molecule has 4 heterocycles. The number of aryl methyl sites for hydroxylation is 2. The van der Waals surface area contributed by atoms with Gasteiger partial charge in [-0.25, -0.2) is 4.68 Å². The molecule has 0 atom stereocenters. The predicted molar refractivity (Wildman–Crippen MR) is 111 cm³/mol. The number of rotatable bonds is 3. The maximum atomic E-state index is 13.5. The zero-order valence-corrected chi connectivity index (χ0v) is 17.3. The van der Waals surface area contributed by atoms with E-state index in [1.807, 2.05) is 42.2 Å². The number of aromatic nitrogens is 2. The van der Waals surface area contributed by atoms with Crippen LogP contribution in [0.2, 0.25) is 0 Å².